The van der Waals surface area contributed by atoms with Crippen molar-refractivity contribution in [1.82, 2.24) is 4.31 Å². The quantitative estimate of drug-likeness (QED) is 0.519. The summed E-state index contributed by atoms with van der Waals surface area (Å²) in [5, 5.41) is 0. The molecule has 0 N–H and O–H groups in total. The van der Waals surface area contributed by atoms with Crippen molar-refractivity contribution in [3.05, 3.63) is 46.7 Å². The Kier molecular flexibility index (Phi) is 10.4. The van der Waals surface area contributed by atoms with Crippen molar-refractivity contribution in [2.24, 2.45) is 5.92 Å². The minimum absolute atomic E-state index is 0.215. The summed E-state index contributed by atoms with van der Waals surface area (Å²) in [6.45, 7) is 8.51. The smallest absolute Gasteiger partial charge is 0.137 e. The monoisotopic (exact) mass is 333 g/mol. The molecule has 0 saturated heterocycles. The third-order valence-corrected chi connectivity index (χ3v) is 2.59. The molecule has 1 aliphatic rings. The number of hydrogen-bond donors (Lipinski definition) is 1. The van der Waals surface area contributed by atoms with Crippen LogP contribution in [0.1, 0.15) is 20.8 Å². The van der Waals surface area contributed by atoms with Crippen LogP contribution in [-0.2, 0) is 0 Å². The molecule has 1 aromatic rings. The molecule has 0 saturated carbocycles. The molecule has 0 unspecified atom stereocenters. The van der Waals surface area contributed by atoms with Gasteiger partial charge in [0.25, 0.3) is 0 Å². The van der Waals surface area contributed by atoms with Crippen LogP contribution in [0.5, 0.6) is 0 Å². The summed E-state index contributed by atoms with van der Waals surface area (Å²) in [6.07, 6.45) is 4.21. The SMILES string of the molecule is CC(C)C.Fc1ccccc1Br.SN1CC=CC1. The Hall–Kier alpha value is -0.320. The lowest BCUT2D eigenvalue weighted by Crippen LogP contribution is -2.04. The van der Waals surface area contributed by atoms with Crippen LogP contribution >= 0.6 is 28.7 Å². The number of rotatable bonds is 0. The summed E-state index contributed by atoms with van der Waals surface area (Å²) >= 11 is 7.08. The lowest BCUT2D eigenvalue weighted by molar-refractivity contribution is 0.619. The zero-order valence-electron chi connectivity index (χ0n) is 11.1. The fourth-order valence-corrected chi connectivity index (χ4v) is 1.38. The highest BCUT2D eigenvalue weighted by Crippen LogP contribution is 2.12. The number of thiol groups is 1. The van der Waals surface area contributed by atoms with E-state index in [0.717, 1.165) is 19.0 Å². The predicted molar refractivity (Wildman–Crippen MR) is 84.3 cm³/mol. The van der Waals surface area contributed by atoms with E-state index in [1.54, 1.807) is 18.2 Å². The molecule has 1 aromatic carbocycles. The maximum Gasteiger partial charge on any atom is 0.137 e. The molecule has 0 fully saturated rings. The standard InChI is InChI=1S/C6H4BrF.C4H7NS.C4H10/c7-5-3-1-2-4-6(5)8;6-5-3-1-2-4-5;1-4(2)3/h1-4H;1-2,6H,3-4H2;4H,1-3H3. The van der Waals surface area contributed by atoms with Crippen LogP contribution in [0.15, 0.2) is 40.9 Å². The minimum atomic E-state index is -0.215. The van der Waals surface area contributed by atoms with Crippen molar-refractivity contribution in [2.75, 3.05) is 13.1 Å². The first-order valence-electron chi connectivity index (χ1n) is 5.92. The average Bonchev–Trinajstić information content (AvgIpc) is 2.74. The molecule has 1 nitrogen and oxygen atoms in total. The third-order valence-electron chi connectivity index (χ3n) is 1.62. The van der Waals surface area contributed by atoms with E-state index < -0.39 is 0 Å². The Morgan fingerprint density at radius 3 is 1.83 bits per heavy atom. The van der Waals surface area contributed by atoms with E-state index in [-0.39, 0.29) is 5.82 Å². The van der Waals surface area contributed by atoms with Gasteiger partial charge in [0.2, 0.25) is 0 Å². The summed E-state index contributed by atoms with van der Waals surface area (Å²) in [7, 11) is 0. The predicted octanol–water partition coefficient (Wildman–Crippen LogP) is 4.95. The Balaban J connectivity index is 0.000000257. The third kappa shape index (κ3) is 10.8. The summed E-state index contributed by atoms with van der Waals surface area (Å²) in [5.41, 5.74) is 0. The van der Waals surface area contributed by atoms with Gasteiger partial charge in [0, 0.05) is 13.1 Å². The number of hydrogen-bond acceptors (Lipinski definition) is 2. The van der Waals surface area contributed by atoms with Crippen molar-refractivity contribution in [3.63, 3.8) is 0 Å². The van der Waals surface area contributed by atoms with E-state index in [4.69, 9.17) is 0 Å². The van der Waals surface area contributed by atoms with E-state index in [2.05, 4.69) is 61.7 Å². The summed E-state index contributed by atoms with van der Waals surface area (Å²) in [6, 6.07) is 6.49. The number of halogens is 2. The Bertz CT molecular complexity index is 324. The van der Waals surface area contributed by atoms with Gasteiger partial charge < -0.3 is 0 Å². The lowest BCUT2D eigenvalue weighted by atomic mass is 10.3. The second-order valence-electron chi connectivity index (χ2n) is 4.49. The molecule has 102 valence electrons. The molecule has 1 aliphatic heterocycles. The van der Waals surface area contributed by atoms with Crippen LogP contribution in [0.2, 0.25) is 0 Å². The zero-order valence-corrected chi connectivity index (χ0v) is 13.6. The van der Waals surface area contributed by atoms with Crippen molar-refractivity contribution < 1.29 is 4.39 Å². The molecule has 1 heterocycles. The van der Waals surface area contributed by atoms with E-state index in [0.29, 0.717) is 4.47 Å². The molecule has 0 radical (unpaired) electrons. The van der Waals surface area contributed by atoms with E-state index in [9.17, 15) is 4.39 Å². The van der Waals surface area contributed by atoms with Gasteiger partial charge in [-0.25, -0.2) is 8.70 Å². The second-order valence-corrected chi connectivity index (χ2v) is 5.91. The maximum atomic E-state index is 12.3. The van der Waals surface area contributed by atoms with E-state index in [1.165, 1.54) is 6.07 Å². The molecule has 2 rings (SSSR count). The minimum Gasteiger partial charge on any atom is -0.246 e. The number of nitrogens with zero attached hydrogens (tertiary/aromatic N) is 1. The molecule has 0 aromatic heterocycles. The Morgan fingerprint density at radius 2 is 1.61 bits per heavy atom. The lowest BCUT2D eigenvalue weighted by Gasteiger charge is -1.99. The van der Waals surface area contributed by atoms with Crippen molar-refractivity contribution in [3.8, 4) is 0 Å². The largest absolute Gasteiger partial charge is 0.246 e. The van der Waals surface area contributed by atoms with Gasteiger partial charge in [-0.3, -0.25) is 0 Å². The first-order chi connectivity index (χ1) is 8.43. The highest BCUT2D eigenvalue weighted by Gasteiger charge is 1.96. The van der Waals surface area contributed by atoms with Crippen molar-refractivity contribution in [1.29, 1.82) is 0 Å². The molecule has 0 spiro atoms. The molecule has 0 aliphatic carbocycles. The van der Waals surface area contributed by atoms with Crippen LogP contribution in [-0.4, -0.2) is 17.4 Å². The van der Waals surface area contributed by atoms with E-state index >= 15 is 0 Å². The Labute approximate surface area is 124 Å². The van der Waals surface area contributed by atoms with Crippen LogP contribution in [0.4, 0.5) is 4.39 Å². The van der Waals surface area contributed by atoms with Gasteiger partial charge in [0.05, 0.1) is 4.47 Å². The van der Waals surface area contributed by atoms with E-state index in [1.807, 2.05) is 4.31 Å². The second kappa shape index (κ2) is 10.6. The first kappa shape index (κ1) is 17.7. The van der Waals surface area contributed by atoms with Gasteiger partial charge in [0.1, 0.15) is 5.82 Å². The normalized spacial score (nSPS) is 13.7. The molecular weight excluding hydrogens is 313 g/mol. The summed E-state index contributed by atoms with van der Waals surface area (Å²) < 4.78 is 14.7. The Morgan fingerprint density at radius 1 is 1.17 bits per heavy atom. The zero-order chi connectivity index (χ0) is 14.0. The van der Waals surface area contributed by atoms with Gasteiger partial charge >= 0.3 is 0 Å². The average molecular weight is 334 g/mol. The van der Waals surface area contributed by atoms with Crippen LogP contribution in [0, 0.1) is 11.7 Å². The maximum absolute atomic E-state index is 12.3. The summed E-state index contributed by atoms with van der Waals surface area (Å²) in [4.78, 5) is 0. The fraction of sp³-hybridized carbons (Fsp3) is 0.429. The van der Waals surface area contributed by atoms with Gasteiger partial charge in [-0.2, -0.15) is 0 Å². The van der Waals surface area contributed by atoms with Gasteiger partial charge in [-0.1, -0.05) is 57.9 Å². The molecule has 18 heavy (non-hydrogen) atoms. The molecular formula is C14H21BrFNS. The molecule has 0 bridgehead atoms. The van der Waals surface area contributed by atoms with Gasteiger partial charge in [-0.15, -0.1) is 0 Å². The fourth-order valence-electron chi connectivity index (χ4n) is 0.906. The van der Waals surface area contributed by atoms with Crippen LogP contribution in [0.3, 0.4) is 0 Å². The molecule has 4 heteroatoms. The number of benzene rings is 1. The first-order valence-corrected chi connectivity index (χ1v) is 7.11. The molecule has 0 atom stereocenters. The van der Waals surface area contributed by atoms with Crippen molar-refractivity contribution in [2.45, 2.75) is 20.8 Å². The summed E-state index contributed by atoms with van der Waals surface area (Å²) in [5.74, 6) is 0.618. The highest BCUT2D eigenvalue weighted by molar-refractivity contribution is 9.10. The molecule has 0 amide bonds. The van der Waals surface area contributed by atoms with Gasteiger partial charge in [-0.05, 0) is 34.0 Å². The topological polar surface area (TPSA) is 3.24 Å². The van der Waals surface area contributed by atoms with Gasteiger partial charge in [0.15, 0.2) is 0 Å². The van der Waals surface area contributed by atoms with Crippen molar-refractivity contribution >= 4 is 28.7 Å². The van der Waals surface area contributed by atoms with Crippen LogP contribution in [0.25, 0.3) is 0 Å². The highest BCUT2D eigenvalue weighted by atomic mass is 79.9. The van der Waals surface area contributed by atoms with Crippen LogP contribution < -0.4 is 0 Å².